The zero-order valence-electron chi connectivity index (χ0n) is 20.7. The molecule has 5 heteroatoms. The minimum absolute atomic E-state index is 0.142. The molecule has 1 unspecified atom stereocenters. The van der Waals surface area contributed by atoms with Crippen LogP contribution in [-0.4, -0.2) is 29.6 Å². The Morgan fingerprint density at radius 2 is 1.25 bits per heavy atom. The molecule has 0 aliphatic carbocycles. The van der Waals surface area contributed by atoms with Crippen LogP contribution in [0.15, 0.2) is 18.2 Å². The van der Waals surface area contributed by atoms with Crippen LogP contribution in [0.5, 0.6) is 0 Å². The summed E-state index contributed by atoms with van der Waals surface area (Å²) in [5.41, 5.74) is 0.292. The average molecular weight is 448 g/mol. The van der Waals surface area contributed by atoms with E-state index in [0.717, 1.165) is 25.7 Å². The van der Waals surface area contributed by atoms with Gasteiger partial charge in [0.15, 0.2) is 0 Å². The van der Waals surface area contributed by atoms with E-state index in [1.54, 1.807) is 18.2 Å². The van der Waals surface area contributed by atoms with Crippen LogP contribution in [0, 0.1) is 0 Å². The first-order valence-corrected chi connectivity index (χ1v) is 12.9. The van der Waals surface area contributed by atoms with Crippen molar-refractivity contribution in [1.29, 1.82) is 0 Å². The number of aromatic nitrogens is 1. The summed E-state index contributed by atoms with van der Waals surface area (Å²) in [6.07, 6.45) is 18.2. The number of nitrogens with zero attached hydrogens (tertiary/aromatic N) is 1. The zero-order valence-corrected chi connectivity index (χ0v) is 20.7. The Bertz CT molecular complexity index is 632. The van der Waals surface area contributed by atoms with Crippen LogP contribution in [0.3, 0.4) is 0 Å². The molecule has 0 bridgehead atoms. The SMILES string of the molecule is CCCCCCCCCCCCCCCOC(=O)c1cccc(C(=O)OC(C)CCC)n1. The molecule has 182 valence electrons. The molecule has 0 fully saturated rings. The van der Waals surface area contributed by atoms with E-state index in [2.05, 4.69) is 11.9 Å². The molecule has 5 nitrogen and oxygen atoms in total. The number of carbonyl (C=O) groups is 2. The zero-order chi connectivity index (χ0) is 23.4. The van der Waals surface area contributed by atoms with Crippen LogP contribution in [0.2, 0.25) is 0 Å². The maximum Gasteiger partial charge on any atom is 0.357 e. The summed E-state index contributed by atoms with van der Waals surface area (Å²) in [4.78, 5) is 28.5. The molecule has 0 radical (unpaired) electrons. The van der Waals surface area contributed by atoms with E-state index in [1.165, 1.54) is 70.6 Å². The Hall–Kier alpha value is -1.91. The largest absolute Gasteiger partial charge is 0.461 e. The molecular formula is C27H45NO4. The smallest absolute Gasteiger partial charge is 0.357 e. The molecule has 0 aromatic carbocycles. The lowest BCUT2D eigenvalue weighted by atomic mass is 10.0. The van der Waals surface area contributed by atoms with Crippen molar-refractivity contribution >= 4 is 11.9 Å². The lowest BCUT2D eigenvalue weighted by Crippen LogP contribution is -2.17. The van der Waals surface area contributed by atoms with E-state index in [9.17, 15) is 9.59 Å². The van der Waals surface area contributed by atoms with E-state index in [-0.39, 0.29) is 17.5 Å². The summed E-state index contributed by atoms with van der Waals surface area (Å²) in [5.74, 6) is -0.989. The molecule has 0 spiro atoms. The molecule has 1 rings (SSSR count). The second-order valence-corrected chi connectivity index (χ2v) is 8.79. The van der Waals surface area contributed by atoms with Crippen molar-refractivity contribution in [3.63, 3.8) is 0 Å². The molecule has 1 aromatic rings. The van der Waals surface area contributed by atoms with Gasteiger partial charge in [0.25, 0.3) is 0 Å². The Kier molecular flexibility index (Phi) is 16.4. The average Bonchev–Trinajstić information content (AvgIpc) is 2.79. The number of pyridine rings is 1. The van der Waals surface area contributed by atoms with Gasteiger partial charge >= 0.3 is 11.9 Å². The number of ether oxygens (including phenoxy) is 2. The molecular weight excluding hydrogens is 402 g/mol. The molecule has 32 heavy (non-hydrogen) atoms. The van der Waals surface area contributed by atoms with E-state index >= 15 is 0 Å². The second-order valence-electron chi connectivity index (χ2n) is 8.79. The highest BCUT2D eigenvalue weighted by molar-refractivity contribution is 5.91. The predicted molar refractivity (Wildman–Crippen MR) is 130 cm³/mol. The van der Waals surface area contributed by atoms with Gasteiger partial charge in [-0.1, -0.05) is 103 Å². The normalized spacial score (nSPS) is 11.8. The maximum absolute atomic E-state index is 12.2. The van der Waals surface area contributed by atoms with Gasteiger partial charge < -0.3 is 9.47 Å². The maximum atomic E-state index is 12.2. The summed E-state index contributed by atoms with van der Waals surface area (Å²) < 4.78 is 10.7. The second kappa shape index (κ2) is 18.6. The van der Waals surface area contributed by atoms with Gasteiger partial charge in [-0.2, -0.15) is 0 Å². The highest BCUT2D eigenvalue weighted by Gasteiger charge is 2.16. The summed E-state index contributed by atoms with van der Waals surface area (Å²) >= 11 is 0. The molecule has 1 atom stereocenters. The van der Waals surface area contributed by atoms with Crippen LogP contribution in [0.1, 0.15) is 138 Å². The number of rotatable bonds is 19. The number of unbranched alkanes of at least 4 members (excludes halogenated alkanes) is 12. The van der Waals surface area contributed by atoms with Gasteiger partial charge in [0, 0.05) is 0 Å². The lowest BCUT2D eigenvalue weighted by Gasteiger charge is -2.12. The summed E-state index contributed by atoms with van der Waals surface area (Å²) in [6.45, 7) is 6.54. The van der Waals surface area contributed by atoms with Gasteiger partial charge in [0.05, 0.1) is 12.7 Å². The van der Waals surface area contributed by atoms with E-state index in [0.29, 0.717) is 6.61 Å². The van der Waals surface area contributed by atoms with Gasteiger partial charge in [-0.3, -0.25) is 0 Å². The van der Waals surface area contributed by atoms with Crippen molar-refractivity contribution in [1.82, 2.24) is 4.98 Å². The standard InChI is InChI=1S/C27H45NO4/c1-4-6-7-8-9-10-11-12-13-14-15-16-17-22-31-26(29)24-20-18-21-25(28-24)27(30)32-23(3)19-5-2/h18,20-21,23H,4-17,19,22H2,1-3H3. The van der Waals surface area contributed by atoms with Crippen molar-refractivity contribution in [3.05, 3.63) is 29.6 Å². The van der Waals surface area contributed by atoms with Crippen molar-refractivity contribution in [3.8, 4) is 0 Å². The molecule has 0 saturated carbocycles. The minimum atomic E-state index is -0.503. The molecule has 0 aliphatic rings. The number of hydrogen-bond acceptors (Lipinski definition) is 5. The number of carbonyl (C=O) groups excluding carboxylic acids is 2. The fourth-order valence-corrected chi connectivity index (χ4v) is 3.73. The predicted octanol–water partition coefficient (Wildman–Crippen LogP) is 7.68. The van der Waals surface area contributed by atoms with Crippen LogP contribution in [0.25, 0.3) is 0 Å². The van der Waals surface area contributed by atoms with Crippen molar-refractivity contribution in [2.45, 2.75) is 123 Å². The van der Waals surface area contributed by atoms with Crippen LogP contribution >= 0.6 is 0 Å². The molecule has 0 N–H and O–H groups in total. The van der Waals surface area contributed by atoms with Gasteiger partial charge in [-0.05, 0) is 31.9 Å². The van der Waals surface area contributed by atoms with Gasteiger partial charge in [0.1, 0.15) is 11.4 Å². The van der Waals surface area contributed by atoms with E-state index in [1.807, 2.05) is 13.8 Å². The highest BCUT2D eigenvalue weighted by atomic mass is 16.5. The molecule has 0 saturated heterocycles. The molecule has 0 amide bonds. The third kappa shape index (κ3) is 13.5. The first-order valence-electron chi connectivity index (χ1n) is 12.9. The van der Waals surface area contributed by atoms with Gasteiger partial charge in [-0.15, -0.1) is 0 Å². The fraction of sp³-hybridized carbons (Fsp3) is 0.741. The summed E-state index contributed by atoms with van der Waals surface area (Å²) in [5, 5.41) is 0. The number of hydrogen-bond donors (Lipinski definition) is 0. The van der Waals surface area contributed by atoms with Gasteiger partial charge in [-0.25, -0.2) is 14.6 Å². The van der Waals surface area contributed by atoms with Crippen LogP contribution in [0.4, 0.5) is 0 Å². The fourth-order valence-electron chi connectivity index (χ4n) is 3.73. The summed E-state index contributed by atoms with van der Waals surface area (Å²) in [7, 11) is 0. The number of esters is 2. The highest BCUT2D eigenvalue weighted by Crippen LogP contribution is 2.13. The first-order chi connectivity index (χ1) is 15.6. The monoisotopic (exact) mass is 447 g/mol. The Balaban J connectivity index is 2.10. The molecule has 1 heterocycles. The van der Waals surface area contributed by atoms with Crippen molar-refractivity contribution in [2.24, 2.45) is 0 Å². The Morgan fingerprint density at radius 1 is 0.750 bits per heavy atom. The van der Waals surface area contributed by atoms with Crippen LogP contribution < -0.4 is 0 Å². The van der Waals surface area contributed by atoms with E-state index < -0.39 is 11.9 Å². The van der Waals surface area contributed by atoms with E-state index in [4.69, 9.17) is 9.47 Å². The van der Waals surface area contributed by atoms with Crippen molar-refractivity contribution < 1.29 is 19.1 Å². The minimum Gasteiger partial charge on any atom is -0.461 e. The molecule has 0 aliphatic heterocycles. The third-order valence-corrected chi connectivity index (χ3v) is 5.65. The van der Waals surface area contributed by atoms with Crippen LogP contribution in [-0.2, 0) is 9.47 Å². The Morgan fingerprint density at radius 3 is 1.78 bits per heavy atom. The lowest BCUT2D eigenvalue weighted by molar-refractivity contribution is 0.0316. The quantitative estimate of drug-likeness (QED) is 0.161. The molecule has 1 aromatic heterocycles. The third-order valence-electron chi connectivity index (χ3n) is 5.65. The topological polar surface area (TPSA) is 65.5 Å². The first kappa shape index (κ1) is 28.1. The van der Waals surface area contributed by atoms with Crippen molar-refractivity contribution in [2.75, 3.05) is 6.61 Å². The Labute approximate surface area is 195 Å². The summed E-state index contributed by atoms with van der Waals surface area (Å²) in [6, 6.07) is 4.76. The van der Waals surface area contributed by atoms with Gasteiger partial charge in [0.2, 0.25) is 0 Å².